The van der Waals surface area contributed by atoms with Gasteiger partial charge >= 0.3 is 7.55 Å². The topological polar surface area (TPSA) is 8.17 Å². The molecule has 0 amide bonds. The number of allylic oxidation sites excluding steroid dienone is 3. The summed E-state index contributed by atoms with van der Waals surface area (Å²) in [6.45, 7) is 23.6. The van der Waals surface area contributed by atoms with Crippen molar-refractivity contribution in [3.05, 3.63) is 116 Å². The van der Waals surface area contributed by atoms with Gasteiger partial charge in [-0.2, -0.15) is 0 Å². The summed E-state index contributed by atoms with van der Waals surface area (Å²) in [5.74, 6) is 0. The number of hydrogen-bond donors (Lipinski definition) is 0. The Hall–Kier alpha value is -3.46. The summed E-state index contributed by atoms with van der Waals surface area (Å²) in [5.41, 5.74) is 5.63. The average molecular weight is 351 g/mol. The van der Waals surface area contributed by atoms with Crippen LogP contribution in [0.1, 0.15) is 22.5 Å². The van der Waals surface area contributed by atoms with Crippen molar-refractivity contribution in [2.45, 2.75) is 0 Å². The van der Waals surface area contributed by atoms with Crippen molar-refractivity contribution in [2.24, 2.45) is 0 Å². The Labute approximate surface area is 163 Å². The fourth-order valence-corrected chi connectivity index (χ4v) is 2.99. The Morgan fingerprint density at radius 3 is 1.78 bits per heavy atom. The normalized spacial score (nSPS) is 10.6. The molecule has 2 aromatic rings. The van der Waals surface area contributed by atoms with Crippen molar-refractivity contribution in [1.82, 2.24) is 4.48 Å². The first-order valence-electron chi connectivity index (χ1n) is 8.59. The minimum atomic E-state index is 0.884. The van der Waals surface area contributed by atoms with Crippen LogP contribution in [0, 0.1) is 0 Å². The van der Waals surface area contributed by atoms with Gasteiger partial charge in [0.1, 0.15) is 0 Å². The molecule has 1 aromatic carbocycles. The van der Waals surface area contributed by atoms with E-state index < -0.39 is 0 Å². The molecule has 0 N–H and O–H groups in total. The molecule has 0 aliphatic carbocycles. The zero-order valence-corrected chi connectivity index (χ0v) is 15.6. The van der Waals surface area contributed by atoms with Gasteiger partial charge in [0, 0.05) is 33.9 Å². The first-order chi connectivity index (χ1) is 13.2. The highest BCUT2D eigenvalue weighted by Gasteiger charge is 2.21. The standard InChI is InChI=1S/C24H24BN2/c1-7-16-19(8-2)26(20-17-14-13-15-18-20)25-27-23(11-5)21(9-3)22(10-4)24(27)12-6/h7-18H,1-6H2/b19-16+. The average Bonchev–Trinajstić information content (AvgIpc) is 3.02. The first-order valence-corrected chi connectivity index (χ1v) is 8.59. The Bertz CT molecular complexity index is 876. The van der Waals surface area contributed by atoms with Gasteiger partial charge in [-0.15, -0.1) is 0 Å². The van der Waals surface area contributed by atoms with Crippen molar-refractivity contribution in [3.63, 3.8) is 0 Å². The highest BCUT2D eigenvalue weighted by atomic mass is 15.1. The minimum Gasteiger partial charge on any atom is -0.369 e. The van der Waals surface area contributed by atoms with Crippen LogP contribution in [-0.2, 0) is 0 Å². The fourth-order valence-electron chi connectivity index (χ4n) is 2.99. The Morgan fingerprint density at radius 1 is 0.815 bits per heavy atom. The molecule has 3 heteroatoms. The largest absolute Gasteiger partial charge is 0.401 e. The zero-order valence-electron chi connectivity index (χ0n) is 15.6. The van der Waals surface area contributed by atoms with E-state index in [2.05, 4.69) is 39.5 Å². The molecule has 1 heterocycles. The molecule has 1 aromatic heterocycles. The fraction of sp³-hybridized carbons (Fsp3) is 0. The summed E-state index contributed by atoms with van der Waals surface area (Å²) < 4.78 is 2.03. The summed E-state index contributed by atoms with van der Waals surface area (Å²) in [6.07, 6.45) is 12.7. The van der Waals surface area contributed by atoms with Gasteiger partial charge in [-0.3, -0.25) is 0 Å². The molecule has 27 heavy (non-hydrogen) atoms. The van der Waals surface area contributed by atoms with E-state index >= 15 is 0 Å². The van der Waals surface area contributed by atoms with Crippen LogP contribution < -0.4 is 4.81 Å². The SMILES string of the molecule is C=C/C=C(\C=C)N([B]n1c(C=C)c(C=C)c(C=C)c1C=C)c1ccccc1. The summed E-state index contributed by atoms with van der Waals surface area (Å²) in [6, 6.07) is 10.0. The van der Waals surface area contributed by atoms with E-state index in [1.54, 1.807) is 12.2 Å². The lowest BCUT2D eigenvalue weighted by Crippen LogP contribution is -2.33. The second kappa shape index (κ2) is 9.30. The van der Waals surface area contributed by atoms with Gasteiger partial charge in [0.25, 0.3) is 0 Å². The number of para-hydroxylation sites is 1. The Kier molecular flexibility index (Phi) is 6.84. The number of anilines is 1. The molecule has 0 aliphatic heterocycles. The van der Waals surface area contributed by atoms with Crippen LogP contribution in [0.2, 0.25) is 0 Å². The first kappa shape index (κ1) is 19.9. The van der Waals surface area contributed by atoms with Crippen LogP contribution in [0.4, 0.5) is 5.69 Å². The maximum atomic E-state index is 3.98. The van der Waals surface area contributed by atoms with Gasteiger partial charge < -0.3 is 9.29 Å². The van der Waals surface area contributed by atoms with Gasteiger partial charge in [0.15, 0.2) is 0 Å². The lowest BCUT2D eigenvalue weighted by Gasteiger charge is -2.26. The predicted octanol–water partition coefficient (Wildman–Crippen LogP) is 6.20. The van der Waals surface area contributed by atoms with Crippen molar-refractivity contribution >= 4 is 37.5 Å². The molecule has 0 bridgehead atoms. The predicted molar refractivity (Wildman–Crippen MR) is 123 cm³/mol. The third-order valence-corrected chi connectivity index (χ3v) is 4.20. The summed E-state index contributed by atoms with van der Waals surface area (Å²) in [5, 5.41) is 0. The monoisotopic (exact) mass is 351 g/mol. The van der Waals surface area contributed by atoms with E-state index in [4.69, 9.17) is 0 Å². The lowest BCUT2D eigenvalue weighted by atomic mass is 10.0. The van der Waals surface area contributed by atoms with Crippen LogP contribution in [0.15, 0.2) is 93.7 Å². The molecule has 0 saturated carbocycles. The van der Waals surface area contributed by atoms with Crippen molar-refractivity contribution in [2.75, 3.05) is 4.81 Å². The molecule has 1 radical (unpaired) electrons. The van der Waals surface area contributed by atoms with Crippen molar-refractivity contribution in [3.8, 4) is 0 Å². The van der Waals surface area contributed by atoms with Crippen LogP contribution in [0.25, 0.3) is 24.3 Å². The van der Waals surface area contributed by atoms with Crippen LogP contribution in [0.3, 0.4) is 0 Å². The molecular weight excluding hydrogens is 327 g/mol. The summed E-state index contributed by atoms with van der Waals surface area (Å²) in [7, 11) is 1.99. The second-order valence-electron chi connectivity index (χ2n) is 5.64. The number of rotatable bonds is 10. The van der Waals surface area contributed by atoms with E-state index in [1.807, 2.05) is 77.6 Å². The number of nitrogens with zero attached hydrogens (tertiary/aromatic N) is 2. The van der Waals surface area contributed by atoms with E-state index in [0.717, 1.165) is 33.9 Å². The smallest absolute Gasteiger partial charge is 0.369 e. The van der Waals surface area contributed by atoms with E-state index in [0.29, 0.717) is 0 Å². The number of hydrogen-bond acceptors (Lipinski definition) is 1. The van der Waals surface area contributed by atoms with Gasteiger partial charge in [0.2, 0.25) is 0 Å². The van der Waals surface area contributed by atoms with Crippen LogP contribution in [0.5, 0.6) is 0 Å². The van der Waals surface area contributed by atoms with E-state index in [9.17, 15) is 0 Å². The third kappa shape index (κ3) is 3.88. The zero-order chi connectivity index (χ0) is 19.8. The molecule has 0 fully saturated rings. The quantitative estimate of drug-likeness (QED) is 0.365. The highest BCUT2D eigenvalue weighted by molar-refractivity contribution is 6.42. The van der Waals surface area contributed by atoms with Gasteiger partial charge in [-0.1, -0.05) is 75.9 Å². The number of benzene rings is 1. The molecule has 0 saturated heterocycles. The van der Waals surface area contributed by atoms with Gasteiger partial charge in [0.05, 0.1) is 0 Å². The maximum absolute atomic E-state index is 3.98. The Balaban J connectivity index is 2.71. The highest BCUT2D eigenvalue weighted by Crippen LogP contribution is 2.28. The van der Waals surface area contributed by atoms with Crippen molar-refractivity contribution in [1.29, 1.82) is 0 Å². The minimum absolute atomic E-state index is 0.884. The molecule has 2 nitrogen and oxygen atoms in total. The van der Waals surface area contributed by atoms with Crippen LogP contribution in [-0.4, -0.2) is 12.0 Å². The lowest BCUT2D eigenvalue weighted by molar-refractivity contribution is 1.13. The van der Waals surface area contributed by atoms with Gasteiger partial charge in [-0.25, -0.2) is 0 Å². The van der Waals surface area contributed by atoms with Gasteiger partial charge in [-0.05, 0) is 36.4 Å². The van der Waals surface area contributed by atoms with Crippen LogP contribution >= 0.6 is 0 Å². The molecule has 0 aliphatic rings. The molecule has 0 unspecified atom stereocenters. The van der Waals surface area contributed by atoms with E-state index in [1.165, 1.54) is 0 Å². The number of aromatic nitrogens is 1. The molecule has 0 spiro atoms. The molecule has 2 rings (SSSR count). The third-order valence-electron chi connectivity index (χ3n) is 4.20. The Morgan fingerprint density at radius 2 is 1.37 bits per heavy atom. The molecule has 0 atom stereocenters. The van der Waals surface area contributed by atoms with Crippen molar-refractivity contribution < 1.29 is 0 Å². The summed E-state index contributed by atoms with van der Waals surface area (Å²) >= 11 is 0. The van der Waals surface area contributed by atoms with E-state index in [-0.39, 0.29) is 0 Å². The molecule has 133 valence electrons. The second-order valence-corrected chi connectivity index (χ2v) is 5.64. The summed E-state index contributed by atoms with van der Waals surface area (Å²) in [4.78, 5) is 2.04. The molecular formula is C24H24BN2. The maximum Gasteiger partial charge on any atom is 0.401 e.